The topological polar surface area (TPSA) is 81.6 Å². The van der Waals surface area contributed by atoms with Gasteiger partial charge in [-0.15, -0.1) is 11.3 Å². The molecule has 28 heavy (non-hydrogen) atoms. The van der Waals surface area contributed by atoms with Gasteiger partial charge < -0.3 is 24.4 Å². The third kappa shape index (κ3) is 3.37. The average Bonchev–Trinajstić information content (AvgIpc) is 3.42. The third-order valence-corrected chi connectivity index (χ3v) is 5.74. The van der Waals surface area contributed by atoms with Crippen LogP contribution in [-0.2, 0) is 6.54 Å². The Bertz CT molecular complexity index is 972. The second kappa shape index (κ2) is 8.05. The summed E-state index contributed by atoms with van der Waals surface area (Å²) in [4.78, 5) is 15.9. The van der Waals surface area contributed by atoms with Crippen LogP contribution in [0.5, 0.6) is 17.2 Å². The van der Waals surface area contributed by atoms with E-state index in [1.165, 1.54) is 19.2 Å². The van der Waals surface area contributed by atoms with Gasteiger partial charge in [0.1, 0.15) is 17.7 Å². The molecule has 1 aliphatic rings. The summed E-state index contributed by atoms with van der Waals surface area (Å²) >= 11 is 1.69. The summed E-state index contributed by atoms with van der Waals surface area (Å²) in [5, 5.41) is 7.35. The fraction of sp³-hybridized carbons (Fsp3) is 0.421. The molecule has 1 aliphatic heterocycles. The Morgan fingerprint density at radius 2 is 1.86 bits per heavy atom. The molecule has 0 bridgehead atoms. The number of hydrogen-bond acceptors (Lipinski definition) is 9. The first kappa shape index (κ1) is 18.5. The minimum absolute atomic E-state index is 0.511. The van der Waals surface area contributed by atoms with E-state index < -0.39 is 0 Å². The van der Waals surface area contributed by atoms with Crippen LogP contribution in [0, 0.1) is 0 Å². The quantitative estimate of drug-likeness (QED) is 0.646. The predicted octanol–water partition coefficient (Wildman–Crippen LogP) is 3.32. The van der Waals surface area contributed by atoms with Crippen molar-refractivity contribution in [2.24, 2.45) is 0 Å². The van der Waals surface area contributed by atoms with Crippen molar-refractivity contribution in [2.45, 2.75) is 19.4 Å². The molecule has 3 aromatic rings. The highest BCUT2D eigenvalue weighted by Crippen LogP contribution is 2.43. The Kier molecular flexibility index (Phi) is 5.34. The van der Waals surface area contributed by atoms with Crippen LogP contribution in [0.2, 0.25) is 0 Å². The van der Waals surface area contributed by atoms with Crippen LogP contribution in [-0.4, -0.2) is 49.4 Å². The van der Waals surface area contributed by atoms with E-state index in [0.29, 0.717) is 35.1 Å². The maximum atomic E-state index is 5.53. The van der Waals surface area contributed by atoms with E-state index >= 15 is 0 Å². The van der Waals surface area contributed by atoms with Crippen molar-refractivity contribution in [2.75, 3.05) is 44.6 Å². The van der Waals surface area contributed by atoms with Crippen molar-refractivity contribution in [1.82, 2.24) is 15.0 Å². The van der Waals surface area contributed by atoms with E-state index in [9.17, 15) is 0 Å². The number of hydrogen-bond donors (Lipinski definition) is 1. The molecule has 1 aromatic carbocycles. The monoisotopic (exact) mass is 401 g/mol. The molecule has 0 atom stereocenters. The summed E-state index contributed by atoms with van der Waals surface area (Å²) < 4.78 is 16.4. The Morgan fingerprint density at radius 3 is 2.57 bits per heavy atom. The highest BCUT2D eigenvalue weighted by atomic mass is 32.1. The standard InChI is InChI=1S/C19H23N5O3S/c1-25-14-8-13-15(17(27-3)16(14)26-2)21-11-22-18(13)20-9-12-10-28-19(23-12)24-6-4-5-7-24/h8,10-11H,4-7,9H2,1-3H3,(H,20,21,22). The van der Waals surface area contributed by atoms with Crippen LogP contribution in [0.15, 0.2) is 17.8 Å². The second-order valence-electron chi connectivity index (χ2n) is 6.43. The van der Waals surface area contributed by atoms with E-state index in [4.69, 9.17) is 19.2 Å². The second-order valence-corrected chi connectivity index (χ2v) is 7.27. The summed E-state index contributed by atoms with van der Waals surface area (Å²) in [5.74, 6) is 2.29. The van der Waals surface area contributed by atoms with Gasteiger partial charge in [0.15, 0.2) is 16.6 Å². The Hall–Kier alpha value is -2.81. The molecule has 0 radical (unpaired) electrons. The van der Waals surface area contributed by atoms with Crippen molar-refractivity contribution in [1.29, 1.82) is 0 Å². The van der Waals surface area contributed by atoms with E-state index in [0.717, 1.165) is 29.3 Å². The molecule has 1 fully saturated rings. The van der Waals surface area contributed by atoms with Gasteiger partial charge in [-0.25, -0.2) is 15.0 Å². The molecule has 2 aromatic heterocycles. The van der Waals surface area contributed by atoms with Crippen molar-refractivity contribution >= 4 is 33.2 Å². The number of nitrogens with one attached hydrogen (secondary N) is 1. The molecule has 4 rings (SSSR count). The molecule has 0 aliphatic carbocycles. The zero-order valence-electron chi connectivity index (χ0n) is 16.2. The normalized spacial score (nSPS) is 13.8. The fourth-order valence-electron chi connectivity index (χ4n) is 3.41. The maximum Gasteiger partial charge on any atom is 0.205 e. The van der Waals surface area contributed by atoms with Crippen LogP contribution in [0.3, 0.4) is 0 Å². The molecule has 0 unspecified atom stereocenters. The smallest absolute Gasteiger partial charge is 0.205 e. The van der Waals surface area contributed by atoms with Crippen LogP contribution in [0.4, 0.5) is 10.9 Å². The first-order valence-corrected chi connectivity index (χ1v) is 10.00. The number of rotatable bonds is 7. The summed E-state index contributed by atoms with van der Waals surface area (Å²) in [7, 11) is 4.75. The minimum atomic E-state index is 0.511. The van der Waals surface area contributed by atoms with Crippen LogP contribution < -0.4 is 24.4 Å². The van der Waals surface area contributed by atoms with Crippen molar-refractivity contribution in [3.8, 4) is 17.2 Å². The Balaban J connectivity index is 1.62. The SMILES string of the molecule is COc1cc2c(NCc3csc(N4CCCC4)n3)ncnc2c(OC)c1OC. The highest BCUT2D eigenvalue weighted by molar-refractivity contribution is 7.13. The molecule has 148 valence electrons. The van der Waals surface area contributed by atoms with E-state index in [1.54, 1.807) is 32.7 Å². The largest absolute Gasteiger partial charge is 0.493 e. The molecular formula is C19H23N5O3S. The molecule has 1 saturated heterocycles. The molecule has 1 N–H and O–H groups in total. The zero-order valence-corrected chi connectivity index (χ0v) is 17.0. The number of benzene rings is 1. The first-order chi connectivity index (χ1) is 13.7. The molecule has 3 heterocycles. The van der Waals surface area contributed by atoms with Gasteiger partial charge in [-0.2, -0.15) is 0 Å². The van der Waals surface area contributed by atoms with Gasteiger partial charge in [0.25, 0.3) is 0 Å². The van der Waals surface area contributed by atoms with Gasteiger partial charge in [-0.1, -0.05) is 0 Å². The van der Waals surface area contributed by atoms with E-state index in [2.05, 4.69) is 25.6 Å². The molecule has 8 nitrogen and oxygen atoms in total. The van der Waals surface area contributed by atoms with Gasteiger partial charge in [-0.05, 0) is 18.9 Å². The van der Waals surface area contributed by atoms with Crippen LogP contribution >= 0.6 is 11.3 Å². The number of nitrogens with zero attached hydrogens (tertiary/aromatic N) is 4. The molecule has 0 spiro atoms. The summed E-state index contributed by atoms with van der Waals surface area (Å²) in [6, 6.07) is 1.86. The molecular weight excluding hydrogens is 378 g/mol. The summed E-state index contributed by atoms with van der Waals surface area (Å²) in [6.07, 6.45) is 4.00. The lowest BCUT2D eigenvalue weighted by atomic mass is 10.2. The molecule has 9 heteroatoms. The first-order valence-electron chi connectivity index (χ1n) is 9.12. The summed E-state index contributed by atoms with van der Waals surface area (Å²) in [5.41, 5.74) is 1.65. The van der Waals surface area contributed by atoms with E-state index in [1.807, 2.05) is 6.07 Å². The zero-order chi connectivity index (χ0) is 19.5. The third-order valence-electron chi connectivity index (χ3n) is 4.79. The van der Waals surface area contributed by atoms with E-state index in [-0.39, 0.29) is 0 Å². The van der Waals surface area contributed by atoms with Gasteiger partial charge >= 0.3 is 0 Å². The summed E-state index contributed by atoms with van der Waals surface area (Å²) in [6.45, 7) is 2.77. The lowest BCUT2D eigenvalue weighted by Gasteiger charge is -2.15. The number of thiazole rings is 1. The predicted molar refractivity (Wildman–Crippen MR) is 110 cm³/mol. The number of ether oxygens (including phenoxy) is 3. The Morgan fingerprint density at radius 1 is 1.07 bits per heavy atom. The van der Waals surface area contributed by atoms with Gasteiger partial charge in [0.05, 0.1) is 39.0 Å². The molecule has 0 amide bonds. The lowest BCUT2D eigenvalue weighted by molar-refractivity contribution is 0.327. The highest BCUT2D eigenvalue weighted by Gasteiger charge is 2.20. The number of methoxy groups -OCH3 is 3. The van der Waals surface area contributed by atoms with Crippen molar-refractivity contribution in [3.63, 3.8) is 0 Å². The number of anilines is 2. The van der Waals surface area contributed by atoms with Crippen LogP contribution in [0.25, 0.3) is 10.9 Å². The fourth-order valence-corrected chi connectivity index (χ4v) is 4.29. The van der Waals surface area contributed by atoms with Crippen LogP contribution in [0.1, 0.15) is 18.5 Å². The van der Waals surface area contributed by atoms with Gasteiger partial charge in [0.2, 0.25) is 5.75 Å². The number of fused-ring (bicyclic) bond motifs is 1. The van der Waals surface area contributed by atoms with Gasteiger partial charge in [-0.3, -0.25) is 0 Å². The van der Waals surface area contributed by atoms with Gasteiger partial charge in [0, 0.05) is 18.5 Å². The van der Waals surface area contributed by atoms with Crippen molar-refractivity contribution in [3.05, 3.63) is 23.5 Å². The number of aromatic nitrogens is 3. The van der Waals surface area contributed by atoms with Crippen molar-refractivity contribution < 1.29 is 14.2 Å². The maximum absolute atomic E-state index is 5.53. The Labute approximate surface area is 167 Å². The minimum Gasteiger partial charge on any atom is -0.493 e. The molecule has 0 saturated carbocycles. The average molecular weight is 401 g/mol. The lowest BCUT2D eigenvalue weighted by Crippen LogP contribution is -2.17.